The van der Waals surface area contributed by atoms with Gasteiger partial charge in [0.05, 0.1) is 23.4 Å². The zero-order valence-electron chi connectivity index (χ0n) is 15.6. The molecule has 1 saturated heterocycles. The molecule has 4 rings (SSSR count). The Morgan fingerprint density at radius 1 is 1.15 bits per heavy atom. The predicted molar refractivity (Wildman–Crippen MR) is 94.6 cm³/mol. The maximum Gasteiger partial charge on any atom is 0.391 e. The van der Waals surface area contributed by atoms with Crippen molar-refractivity contribution in [2.24, 2.45) is 5.92 Å². The van der Waals surface area contributed by atoms with Gasteiger partial charge in [-0.25, -0.2) is 9.50 Å². The van der Waals surface area contributed by atoms with Crippen molar-refractivity contribution in [1.82, 2.24) is 19.9 Å². The fourth-order valence-electron chi connectivity index (χ4n) is 4.26. The average Bonchev–Trinajstić information content (AvgIpc) is 3.04. The number of hydrogen-bond donors (Lipinski definition) is 1. The van der Waals surface area contributed by atoms with Gasteiger partial charge in [-0.3, -0.25) is 0 Å². The molecule has 5 nitrogen and oxygen atoms in total. The van der Waals surface area contributed by atoms with Crippen molar-refractivity contribution in [2.45, 2.75) is 63.8 Å². The summed E-state index contributed by atoms with van der Waals surface area (Å²) in [7, 11) is 0. The van der Waals surface area contributed by atoms with Crippen molar-refractivity contribution in [3.8, 4) is 0 Å². The minimum Gasteiger partial charge on any atom is -0.366 e. The highest BCUT2D eigenvalue weighted by atomic mass is 19.4. The fraction of sp³-hybridized carbons (Fsp3) is 0.684. The molecule has 2 aromatic rings. The van der Waals surface area contributed by atoms with Gasteiger partial charge in [0.2, 0.25) is 0 Å². The van der Waals surface area contributed by atoms with E-state index >= 15 is 0 Å². The number of alkyl halides is 3. The van der Waals surface area contributed by atoms with Crippen molar-refractivity contribution < 1.29 is 17.9 Å². The number of fused-ring (bicyclic) bond motifs is 1. The first-order valence-electron chi connectivity index (χ1n) is 9.61. The SMILES string of the molecule is Cc1cc([C@H]2CNC[C@H](C)O2)n2nc([C@H]3CC[C@H](C(F)(F)F)CC3)cc2n1. The smallest absolute Gasteiger partial charge is 0.366 e. The molecule has 2 aliphatic rings. The van der Waals surface area contributed by atoms with Gasteiger partial charge in [-0.15, -0.1) is 0 Å². The van der Waals surface area contributed by atoms with E-state index in [1.165, 1.54) is 0 Å². The molecule has 0 amide bonds. The van der Waals surface area contributed by atoms with Gasteiger partial charge in [0.1, 0.15) is 6.10 Å². The monoisotopic (exact) mass is 382 g/mol. The standard InChI is InChI=1S/C19H25F3N4O/c1-11-7-16(17-10-23-9-12(2)27-17)26-18(24-11)8-15(25-26)13-3-5-14(6-4-13)19(20,21)22/h7-8,12-14,17,23H,3-6,9-10H2,1-2H3/t12-,13-,14-,17+/m0/s1. The lowest BCUT2D eigenvalue weighted by atomic mass is 9.80. The van der Waals surface area contributed by atoms with Crippen molar-refractivity contribution in [1.29, 1.82) is 0 Å². The number of ether oxygens (including phenoxy) is 1. The minimum atomic E-state index is -4.09. The third kappa shape index (κ3) is 3.82. The Labute approximate surface area is 156 Å². The molecule has 0 aromatic carbocycles. The lowest BCUT2D eigenvalue weighted by Crippen LogP contribution is -2.39. The molecule has 27 heavy (non-hydrogen) atoms. The van der Waals surface area contributed by atoms with Gasteiger partial charge in [-0.05, 0) is 45.6 Å². The number of aromatic nitrogens is 3. The average molecular weight is 382 g/mol. The molecule has 0 unspecified atom stereocenters. The summed E-state index contributed by atoms with van der Waals surface area (Å²) in [5.74, 6) is -1.12. The molecule has 1 aliphatic carbocycles. The first-order valence-corrected chi connectivity index (χ1v) is 9.61. The predicted octanol–water partition coefficient (Wildman–Crippen LogP) is 3.92. The summed E-state index contributed by atoms with van der Waals surface area (Å²) in [5.41, 5.74) is 3.39. The van der Waals surface area contributed by atoms with Crippen LogP contribution >= 0.6 is 0 Å². The Hall–Kier alpha value is -1.67. The van der Waals surface area contributed by atoms with E-state index in [9.17, 15) is 13.2 Å². The third-order valence-electron chi connectivity index (χ3n) is 5.70. The summed E-state index contributed by atoms with van der Waals surface area (Å²) in [6.07, 6.45) is -2.71. The van der Waals surface area contributed by atoms with Crippen LogP contribution in [0.4, 0.5) is 13.2 Å². The van der Waals surface area contributed by atoms with Crippen LogP contribution in [0.2, 0.25) is 0 Å². The summed E-state index contributed by atoms with van der Waals surface area (Å²) in [5, 5.41) is 8.09. The molecule has 148 valence electrons. The molecule has 8 heteroatoms. The van der Waals surface area contributed by atoms with E-state index in [4.69, 9.17) is 9.84 Å². The number of aryl methyl sites for hydroxylation is 1. The van der Waals surface area contributed by atoms with Crippen LogP contribution in [0.1, 0.15) is 61.7 Å². The highest BCUT2D eigenvalue weighted by Gasteiger charge is 2.42. The summed E-state index contributed by atoms with van der Waals surface area (Å²) >= 11 is 0. The van der Waals surface area contributed by atoms with Crippen LogP contribution < -0.4 is 5.32 Å². The van der Waals surface area contributed by atoms with Crippen LogP contribution in [0.3, 0.4) is 0 Å². The molecule has 1 aliphatic heterocycles. The topological polar surface area (TPSA) is 51.5 Å². The van der Waals surface area contributed by atoms with Gasteiger partial charge in [0, 0.05) is 30.8 Å². The molecular formula is C19H25F3N4O. The van der Waals surface area contributed by atoms with E-state index in [0.717, 1.165) is 29.3 Å². The number of nitrogens with one attached hydrogen (secondary N) is 1. The molecule has 0 spiro atoms. The minimum absolute atomic E-state index is 0.0581. The molecule has 3 heterocycles. The summed E-state index contributed by atoms with van der Waals surface area (Å²) < 4.78 is 46.6. The fourth-order valence-corrected chi connectivity index (χ4v) is 4.26. The highest BCUT2D eigenvalue weighted by molar-refractivity contribution is 5.43. The molecule has 2 aromatic heterocycles. The number of nitrogens with zero attached hydrogens (tertiary/aromatic N) is 3. The molecule has 2 fully saturated rings. The first kappa shape index (κ1) is 18.7. The van der Waals surface area contributed by atoms with E-state index < -0.39 is 12.1 Å². The first-order chi connectivity index (χ1) is 12.8. The van der Waals surface area contributed by atoms with Crippen LogP contribution in [0, 0.1) is 12.8 Å². The van der Waals surface area contributed by atoms with Gasteiger partial charge in [-0.1, -0.05) is 0 Å². The van der Waals surface area contributed by atoms with Crippen molar-refractivity contribution in [2.75, 3.05) is 13.1 Å². The molecule has 0 bridgehead atoms. The summed E-state index contributed by atoms with van der Waals surface area (Å²) in [4.78, 5) is 4.56. The largest absolute Gasteiger partial charge is 0.391 e. The van der Waals surface area contributed by atoms with Crippen LogP contribution in [0.15, 0.2) is 12.1 Å². The maximum atomic E-state index is 12.9. The van der Waals surface area contributed by atoms with Crippen LogP contribution in [0.25, 0.3) is 5.65 Å². The normalized spacial score (nSPS) is 30.0. The van der Waals surface area contributed by atoms with Crippen LogP contribution in [-0.4, -0.2) is 40.0 Å². The van der Waals surface area contributed by atoms with Gasteiger partial charge < -0.3 is 10.1 Å². The van der Waals surface area contributed by atoms with Crippen molar-refractivity contribution in [3.05, 3.63) is 29.2 Å². The van der Waals surface area contributed by atoms with Crippen molar-refractivity contribution >= 4 is 5.65 Å². The summed E-state index contributed by atoms with van der Waals surface area (Å²) in [6.45, 7) is 5.48. The Bertz CT molecular complexity index is 811. The van der Waals surface area contributed by atoms with Gasteiger partial charge >= 0.3 is 6.18 Å². The second-order valence-electron chi connectivity index (χ2n) is 7.85. The maximum absolute atomic E-state index is 12.9. The van der Waals surface area contributed by atoms with Gasteiger partial charge in [0.25, 0.3) is 0 Å². The number of morpholine rings is 1. The van der Waals surface area contributed by atoms with E-state index in [-0.39, 0.29) is 31.0 Å². The quantitative estimate of drug-likeness (QED) is 0.855. The Morgan fingerprint density at radius 2 is 1.89 bits per heavy atom. The highest BCUT2D eigenvalue weighted by Crippen LogP contribution is 2.42. The molecule has 1 N–H and O–H groups in total. The molecule has 1 saturated carbocycles. The van der Waals surface area contributed by atoms with E-state index in [2.05, 4.69) is 10.3 Å². The van der Waals surface area contributed by atoms with Gasteiger partial charge in [0.15, 0.2) is 5.65 Å². The Morgan fingerprint density at radius 3 is 2.56 bits per heavy atom. The second-order valence-corrected chi connectivity index (χ2v) is 7.85. The number of hydrogen-bond acceptors (Lipinski definition) is 4. The molecule has 0 radical (unpaired) electrons. The Balaban J connectivity index is 1.60. The van der Waals surface area contributed by atoms with Crippen LogP contribution in [-0.2, 0) is 4.74 Å². The zero-order valence-corrected chi connectivity index (χ0v) is 15.6. The lowest BCUT2D eigenvalue weighted by Gasteiger charge is -2.29. The van der Waals surface area contributed by atoms with E-state index in [1.54, 1.807) is 0 Å². The number of rotatable bonds is 2. The Kier molecular flexibility index (Phi) is 4.88. The summed E-state index contributed by atoms with van der Waals surface area (Å²) in [6, 6.07) is 3.91. The third-order valence-corrected chi connectivity index (χ3v) is 5.70. The van der Waals surface area contributed by atoms with E-state index in [1.807, 2.05) is 30.5 Å². The second kappa shape index (κ2) is 7.05. The van der Waals surface area contributed by atoms with Crippen molar-refractivity contribution in [3.63, 3.8) is 0 Å². The van der Waals surface area contributed by atoms with E-state index in [0.29, 0.717) is 19.4 Å². The molecule has 2 atom stereocenters. The number of halogens is 3. The van der Waals surface area contributed by atoms with Crippen LogP contribution in [0.5, 0.6) is 0 Å². The lowest BCUT2D eigenvalue weighted by molar-refractivity contribution is -0.182. The van der Waals surface area contributed by atoms with Gasteiger partial charge in [-0.2, -0.15) is 18.3 Å². The zero-order chi connectivity index (χ0) is 19.2. The molecular weight excluding hydrogens is 357 g/mol.